The molecule has 5 heteroatoms. The van der Waals surface area contributed by atoms with Gasteiger partial charge in [-0.25, -0.2) is 0 Å². The Balaban J connectivity index is 2.26. The van der Waals surface area contributed by atoms with E-state index in [9.17, 15) is 0 Å². The average Bonchev–Trinajstić information content (AvgIpc) is 2.41. The molecule has 104 valence electrons. The highest BCUT2D eigenvalue weighted by atomic mass is 35.5. The molecule has 0 unspecified atom stereocenters. The van der Waals surface area contributed by atoms with E-state index >= 15 is 0 Å². The van der Waals surface area contributed by atoms with Crippen molar-refractivity contribution in [2.24, 2.45) is 5.73 Å². The van der Waals surface area contributed by atoms with Gasteiger partial charge in [-0.15, -0.1) is 0 Å². The predicted octanol–water partition coefficient (Wildman–Crippen LogP) is 3.86. The molecule has 0 aromatic heterocycles. The summed E-state index contributed by atoms with van der Waals surface area (Å²) in [7, 11) is 1.67. The van der Waals surface area contributed by atoms with Crippen molar-refractivity contribution in [2.45, 2.75) is 6.61 Å². The Labute approximate surface area is 128 Å². The van der Waals surface area contributed by atoms with Gasteiger partial charge >= 0.3 is 0 Å². The summed E-state index contributed by atoms with van der Waals surface area (Å²) in [6.45, 7) is 0.544. The monoisotopic (exact) mass is 306 g/mol. The number of hydrogen-bond acceptors (Lipinski definition) is 3. The number of nitrogens with two attached hydrogens (primary N) is 1. The maximum Gasteiger partial charge on any atom is 0.105 e. The van der Waals surface area contributed by atoms with Crippen LogP contribution in [0, 0.1) is 0 Å². The Kier molecular flexibility index (Phi) is 4.95. The molecular formula is C15H15ClN2OS. The molecule has 3 nitrogen and oxygen atoms in total. The van der Waals surface area contributed by atoms with Crippen molar-refractivity contribution >= 4 is 40.2 Å². The molecule has 3 N–H and O–H groups in total. The van der Waals surface area contributed by atoms with Crippen molar-refractivity contribution in [2.75, 3.05) is 12.4 Å². The number of rotatable bonds is 5. The highest BCUT2D eigenvalue weighted by Gasteiger charge is 2.06. The summed E-state index contributed by atoms with van der Waals surface area (Å²) in [6.07, 6.45) is 0. The summed E-state index contributed by atoms with van der Waals surface area (Å²) >= 11 is 11.1. The first-order valence-corrected chi connectivity index (χ1v) is 6.83. The minimum atomic E-state index is 0.293. The minimum Gasteiger partial charge on any atom is -0.389 e. The second-order valence-corrected chi connectivity index (χ2v) is 5.12. The van der Waals surface area contributed by atoms with E-state index in [0.717, 1.165) is 16.9 Å². The lowest BCUT2D eigenvalue weighted by molar-refractivity contribution is 0.185. The molecule has 0 spiro atoms. The van der Waals surface area contributed by atoms with Crippen LogP contribution in [0.1, 0.15) is 11.1 Å². The van der Waals surface area contributed by atoms with Gasteiger partial charge in [-0.3, -0.25) is 0 Å². The van der Waals surface area contributed by atoms with Crippen LogP contribution in [0.25, 0.3) is 0 Å². The highest BCUT2D eigenvalue weighted by Crippen LogP contribution is 2.25. The standard InChI is InChI=1S/C15H15ClN2OS/c1-19-9-10-4-2-3-5-14(10)18-11-6-7-12(15(17)20)13(16)8-11/h2-8,18H,9H2,1H3,(H2,17,20). The Morgan fingerprint density at radius 1 is 1.30 bits per heavy atom. The fourth-order valence-electron chi connectivity index (χ4n) is 1.87. The fourth-order valence-corrected chi connectivity index (χ4v) is 2.39. The average molecular weight is 307 g/mol. The largest absolute Gasteiger partial charge is 0.389 e. The molecule has 0 heterocycles. The van der Waals surface area contributed by atoms with Crippen LogP contribution in [-0.4, -0.2) is 12.1 Å². The van der Waals surface area contributed by atoms with Gasteiger partial charge in [-0.2, -0.15) is 0 Å². The van der Waals surface area contributed by atoms with E-state index in [4.69, 9.17) is 34.3 Å². The summed E-state index contributed by atoms with van der Waals surface area (Å²) < 4.78 is 5.18. The van der Waals surface area contributed by atoms with E-state index < -0.39 is 0 Å². The summed E-state index contributed by atoms with van der Waals surface area (Å²) in [6, 6.07) is 13.4. The number of halogens is 1. The maximum atomic E-state index is 6.16. The molecule has 0 amide bonds. The molecule has 0 atom stereocenters. The third-order valence-electron chi connectivity index (χ3n) is 2.83. The van der Waals surface area contributed by atoms with Crippen molar-refractivity contribution in [3.8, 4) is 0 Å². The van der Waals surface area contributed by atoms with Gasteiger partial charge in [0, 0.05) is 29.6 Å². The number of hydrogen-bond donors (Lipinski definition) is 2. The number of nitrogens with one attached hydrogen (secondary N) is 1. The third kappa shape index (κ3) is 3.48. The topological polar surface area (TPSA) is 47.3 Å². The van der Waals surface area contributed by atoms with E-state index in [2.05, 4.69) is 5.32 Å². The zero-order chi connectivity index (χ0) is 14.5. The van der Waals surface area contributed by atoms with Crippen LogP contribution in [0.4, 0.5) is 11.4 Å². The summed E-state index contributed by atoms with van der Waals surface area (Å²) in [5.41, 5.74) is 9.20. The first-order chi connectivity index (χ1) is 9.61. The SMILES string of the molecule is COCc1ccccc1Nc1ccc(C(N)=S)c(Cl)c1. The Hall–Kier alpha value is -1.62. The van der Waals surface area contributed by atoms with Crippen LogP contribution in [0.5, 0.6) is 0 Å². The van der Waals surface area contributed by atoms with Crippen molar-refractivity contribution in [1.82, 2.24) is 0 Å². The van der Waals surface area contributed by atoms with Crippen molar-refractivity contribution < 1.29 is 4.74 Å². The van der Waals surface area contributed by atoms with E-state index in [1.807, 2.05) is 36.4 Å². The van der Waals surface area contributed by atoms with E-state index in [1.54, 1.807) is 13.2 Å². The zero-order valence-corrected chi connectivity index (χ0v) is 12.6. The predicted molar refractivity (Wildman–Crippen MR) is 87.8 cm³/mol. The minimum absolute atomic E-state index is 0.293. The number of ether oxygens (including phenoxy) is 1. The summed E-state index contributed by atoms with van der Waals surface area (Å²) in [5, 5.41) is 3.85. The van der Waals surface area contributed by atoms with Gasteiger partial charge in [-0.05, 0) is 24.3 Å². The highest BCUT2D eigenvalue weighted by molar-refractivity contribution is 7.80. The van der Waals surface area contributed by atoms with Gasteiger partial charge in [0.15, 0.2) is 0 Å². The lowest BCUT2D eigenvalue weighted by Crippen LogP contribution is -2.10. The quantitative estimate of drug-likeness (QED) is 0.823. The number of methoxy groups -OCH3 is 1. The van der Waals surface area contributed by atoms with Crippen LogP contribution < -0.4 is 11.1 Å². The van der Waals surface area contributed by atoms with Gasteiger partial charge in [0.2, 0.25) is 0 Å². The van der Waals surface area contributed by atoms with E-state index in [0.29, 0.717) is 22.2 Å². The Morgan fingerprint density at radius 3 is 2.70 bits per heavy atom. The van der Waals surface area contributed by atoms with Gasteiger partial charge in [0.05, 0.1) is 11.6 Å². The zero-order valence-electron chi connectivity index (χ0n) is 11.0. The molecule has 0 aliphatic carbocycles. The number of thiocarbonyl (C=S) groups is 1. The summed E-state index contributed by atoms with van der Waals surface area (Å²) in [4.78, 5) is 0.293. The molecule has 0 aliphatic heterocycles. The van der Waals surface area contributed by atoms with Crippen LogP contribution >= 0.6 is 23.8 Å². The van der Waals surface area contributed by atoms with E-state index in [1.165, 1.54) is 0 Å². The first-order valence-electron chi connectivity index (χ1n) is 6.05. The molecule has 2 rings (SSSR count). The molecule has 2 aromatic rings. The van der Waals surface area contributed by atoms with Crippen LogP contribution in [0.2, 0.25) is 5.02 Å². The molecular weight excluding hydrogens is 292 g/mol. The second kappa shape index (κ2) is 6.70. The molecule has 0 fully saturated rings. The van der Waals surface area contributed by atoms with Crippen LogP contribution in [0.15, 0.2) is 42.5 Å². The lowest BCUT2D eigenvalue weighted by atomic mass is 10.1. The maximum absolute atomic E-state index is 6.16. The van der Waals surface area contributed by atoms with Crippen molar-refractivity contribution in [1.29, 1.82) is 0 Å². The van der Waals surface area contributed by atoms with Crippen molar-refractivity contribution in [3.63, 3.8) is 0 Å². The first kappa shape index (κ1) is 14.8. The van der Waals surface area contributed by atoms with E-state index in [-0.39, 0.29) is 0 Å². The normalized spacial score (nSPS) is 10.3. The molecule has 0 bridgehead atoms. The van der Waals surface area contributed by atoms with Gasteiger partial charge in [0.1, 0.15) is 4.99 Å². The molecule has 0 radical (unpaired) electrons. The fraction of sp³-hybridized carbons (Fsp3) is 0.133. The number of benzene rings is 2. The Morgan fingerprint density at radius 2 is 2.05 bits per heavy atom. The molecule has 20 heavy (non-hydrogen) atoms. The van der Waals surface area contributed by atoms with Crippen LogP contribution in [-0.2, 0) is 11.3 Å². The molecule has 0 aliphatic rings. The molecule has 0 saturated carbocycles. The van der Waals surface area contributed by atoms with Gasteiger partial charge in [0.25, 0.3) is 0 Å². The molecule has 0 saturated heterocycles. The smallest absolute Gasteiger partial charge is 0.105 e. The lowest BCUT2D eigenvalue weighted by Gasteiger charge is -2.12. The Bertz CT molecular complexity index is 631. The second-order valence-electron chi connectivity index (χ2n) is 4.27. The summed E-state index contributed by atoms with van der Waals surface area (Å²) in [5.74, 6) is 0. The van der Waals surface area contributed by atoms with Crippen LogP contribution in [0.3, 0.4) is 0 Å². The third-order valence-corrected chi connectivity index (χ3v) is 3.36. The molecule has 2 aromatic carbocycles. The van der Waals surface area contributed by atoms with Gasteiger partial charge in [-0.1, -0.05) is 42.0 Å². The van der Waals surface area contributed by atoms with Crippen molar-refractivity contribution in [3.05, 3.63) is 58.6 Å². The number of anilines is 2. The van der Waals surface area contributed by atoms with Gasteiger partial charge < -0.3 is 15.8 Å². The number of para-hydroxylation sites is 1.